The Kier molecular flexibility index (Phi) is 6.10. The topological polar surface area (TPSA) is 54.4 Å². The zero-order valence-electron chi connectivity index (χ0n) is 14.6. The molecule has 0 saturated carbocycles. The molecular formula is C19H29N3O2. The molecule has 1 aliphatic rings. The van der Waals surface area contributed by atoms with E-state index in [-0.39, 0.29) is 0 Å². The molecule has 2 aromatic heterocycles. The first kappa shape index (κ1) is 17.2. The van der Waals surface area contributed by atoms with Crippen molar-refractivity contribution in [1.82, 2.24) is 14.5 Å². The van der Waals surface area contributed by atoms with E-state index in [9.17, 15) is 5.11 Å². The van der Waals surface area contributed by atoms with Crippen molar-refractivity contribution >= 4 is 0 Å². The summed E-state index contributed by atoms with van der Waals surface area (Å²) in [6.07, 6.45) is 11.9. The normalized spacial score (nSPS) is 20.8. The summed E-state index contributed by atoms with van der Waals surface area (Å²) < 4.78 is 7.58. The summed E-state index contributed by atoms with van der Waals surface area (Å²) in [5.74, 6) is 1.77. The Labute approximate surface area is 144 Å². The lowest BCUT2D eigenvalue weighted by atomic mass is 10.0. The van der Waals surface area contributed by atoms with E-state index in [1.54, 1.807) is 6.26 Å². The van der Waals surface area contributed by atoms with Crippen LogP contribution in [0.4, 0.5) is 0 Å². The maximum atomic E-state index is 10.5. The number of imidazole rings is 1. The summed E-state index contributed by atoms with van der Waals surface area (Å²) in [5.41, 5.74) is 0. The van der Waals surface area contributed by atoms with Crippen molar-refractivity contribution < 1.29 is 9.52 Å². The number of hydrogen-bond donors (Lipinski definition) is 1. The van der Waals surface area contributed by atoms with Crippen LogP contribution in [0.1, 0.15) is 56.2 Å². The number of nitrogens with zero attached hydrogens (tertiary/aromatic N) is 3. The van der Waals surface area contributed by atoms with Crippen LogP contribution in [-0.4, -0.2) is 38.7 Å². The van der Waals surface area contributed by atoms with Crippen LogP contribution in [0.2, 0.25) is 0 Å². The lowest BCUT2D eigenvalue weighted by Crippen LogP contribution is -2.37. The fourth-order valence-electron chi connectivity index (χ4n) is 3.74. The SMILES string of the molecule is Cc1nccn1CCCN1CCCCCC1CC(O)c1ccco1. The molecule has 132 valence electrons. The van der Waals surface area contributed by atoms with Crippen molar-refractivity contribution in [2.75, 3.05) is 13.1 Å². The molecule has 0 aromatic carbocycles. The second-order valence-corrected chi connectivity index (χ2v) is 6.83. The lowest BCUT2D eigenvalue weighted by molar-refractivity contribution is 0.0851. The van der Waals surface area contributed by atoms with Gasteiger partial charge in [0.1, 0.15) is 17.7 Å². The van der Waals surface area contributed by atoms with Gasteiger partial charge in [-0.05, 0) is 51.3 Å². The number of furan rings is 1. The minimum Gasteiger partial charge on any atom is -0.467 e. The Hall–Kier alpha value is -1.59. The molecule has 5 nitrogen and oxygen atoms in total. The van der Waals surface area contributed by atoms with Crippen molar-refractivity contribution in [3.63, 3.8) is 0 Å². The molecule has 5 heteroatoms. The van der Waals surface area contributed by atoms with Crippen LogP contribution in [-0.2, 0) is 6.54 Å². The molecule has 0 amide bonds. The summed E-state index contributed by atoms with van der Waals surface area (Å²) in [6.45, 7) is 5.27. The number of aromatic nitrogens is 2. The quantitative estimate of drug-likeness (QED) is 0.843. The molecule has 1 aliphatic heterocycles. The molecule has 0 bridgehead atoms. The molecule has 2 atom stereocenters. The molecular weight excluding hydrogens is 302 g/mol. The second kappa shape index (κ2) is 8.49. The van der Waals surface area contributed by atoms with Crippen molar-refractivity contribution in [3.05, 3.63) is 42.4 Å². The van der Waals surface area contributed by atoms with Gasteiger partial charge in [0.05, 0.1) is 6.26 Å². The number of aliphatic hydroxyl groups is 1. The summed E-state index contributed by atoms with van der Waals surface area (Å²) >= 11 is 0. The van der Waals surface area contributed by atoms with E-state index in [0.29, 0.717) is 11.8 Å². The van der Waals surface area contributed by atoms with Gasteiger partial charge >= 0.3 is 0 Å². The molecule has 1 saturated heterocycles. The van der Waals surface area contributed by atoms with Gasteiger partial charge in [0, 0.05) is 31.5 Å². The Morgan fingerprint density at radius 1 is 1.33 bits per heavy atom. The van der Waals surface area contributed by atoms with Crippen molar-refractivity contribution in [2.24, 2.45) is 0 Å². The van der Waals surface area contributed by atoms with Crippen LogP contribution in [0, 0.1) is 6.92 Å². The number of rotatable bonds is 7. The lowest BCUT2D eigenvalue weighted by Gasteiger charge is -2.31. The van der Waals surface area contributed by atoms with Gasteiger partial charge in [-0.15, -0.1) is 0 Å². The standard InChI is InChI=1S/C19H29N3O2/c1-16-20-9-13-21(16)11-6-12-22-10-4-2-3-7-17(22)15-18(23)19-8-5-14-24-19/h5,8-9,13-14,17-18,23H,2-4,6-7,10-12,15H2,1H3. The average Bonchev–Trinajstić information content (AvgIpc) is 3.19. The van der Waals surface area contributed by atoms with Crippen LogP contribution in [0.3, 0.4) is 0 Å². The Bertz CT molecular complexity index is 594. The summed E-state index contributed by atoms with van der Waals surface area (Å²) in [6, 6.07) is 4.15. The summed E-state index contributed by atoms with van der Waals surface area (Å²) in [4.78, 5) is 6.86. The minimum atomic E-state index is -0.499. The van der Waals surface area contributed by atoms with Gasteiger partial charge in [-0.25, -0.2) is 4.98 Å². The second-order valence-electron chi connectivity index (χ2n) is 6.83. The van der Waals surface area contributed by atoms with Gasteiger partial charge in [0.15, 0.2) is 0 Å². The highest BCUT2D eigenvalue weighted by Gasteiger charge is 2.24. The Morgan fingerprint density at radius 2 is 2.25 bits per heavy atom. The third-order valence-electron chi connectivity index (χ3n) is 5.13. The molecule has 1 fully saturated rings. The minimum absolute atomic E-state index is 0.441. The monoisotopic (exact) mass is 331 g/mol. The zero-order valence-corrected chi connectivity index (χ0v) is 14.6. The molecule has 24 heavy (non-hydrogen) atoms. The Morgan fingerprint density at radius 3 is 3.00 bits per heavy atom. The number of aliphatic hydroxyl groups excluding tert-OH is 1. The first-order valence-corrected chi connectivity index (χ1v) is 9.17. The smallest absolute Gasteiger partial charge is 0.132 e. The van der Waals surface area contributed by atoms with E-state index in [4.69, 9.17) is 4.42 Å². The maximum Gasteiger partial charge on any atom is 0.132 e. The first-order chi connectivity index (χ1) is 11.7. The van der Waals surface area contributed by atoms with Crippen LogP contribution in [0.15, 0.2) is 35.2 Å². The van der Waals surface area contributed by atoms with E-state index in [2.05, 4.69) is 27.6 Å². The van der Waals surface area contributed by atoms with Crippen LogP contribution >= 0.6 is 0 Å². The maximum absolute atomic E-state index is 10.5. The molecule has 1 N–H and O–H groups in total. The van der Waals surface area contributed by atoms with Crippen LogP contribution in [0.25, 0.3) is 0 Å². The van der Waals surface area contributed by atoms with E-state index in [1.165, 1.54) is 25.7 Å². The van der Waals surface area contributed by atoms with Gasteiger partial charge in [0.2, 0.25) is 0 Å². The predicted octanol–water partition coefficient (Wildman–Crippen LogP) is 3.54. The number of aryl methyl sites for hydroxylation is 2. The first-order valence-electron chi connectivity index (χ1n) is 9.17. The predicted molar refractivity (Wildman–Crippen MR) is 93.7 cm³/mol. The van der Waals surface area contributed by atoms with Gasteiger partial charge in [-0.1, -0.05) is 12.8 Å². The van der Waals surface area contributed by atoms with E-state index in [0.717, 1.165) is 38.3 Å². The van der Waals surface area contributed by atoms with Gasteiger partial charge < -0.3 is 19.0 Å². The highest BCUT2D eigenvalue weighted by atomic mass is 16.4. The summed E-state index contributed by atoms with van der Waals surface area (Å²) in [7, 11) is 0. The third-order valence-corrected chi connectivity index (χ3v) is 5.13. The van der Waals surface area contributed by atoms with Crippen molar-refractivity contribution in [2.45, 2.75) is 64.1 Å². The van der Waals surface area contributed by atoms with Gasteiger partial charge in [-0.2, -0.15) is 0 Å². The third kappa shape index (κ3) is 4.48. The van der Waals surface area contributed by atoms with E-state index in [1.807, 2.05) is 18.3 Å². The van der Waals surface area contributed by atoms with Crippen LogP contribution in [0.5, 0.6) is 0 Å². The molecule has 0 spiro atoms. The van der Waals surface area contributed by atoms with Crippen LogP contribution < -0.4 is 0 Å². The fraction of sp³-hybridized carbons (Fsp3) is 0.632. The van der Waals surface area contributed by atoms with E-state index < -0.39 is 6.10 Å². The van der Waals surface area contributed by atoms with Gasteiger partial charge in [0.25, 0.3) is 0 Å². The molecule has 2 unspecified atom stereocenters. The highest BCUT2D eigenvalue weighted by Crippen LogP contribution is 2.26. The molecule has 0 aliphatic carbocycles. The Balaban J connectivity index is 1.54. The molecule has 3 heterocycles. The fourth-order valence-corrected chi connectivity index (χ4v) is 3.74. The average molecular weight is 331 g/mol. The highest BCUT2D eigenvalue weighted by molar-refractivity contribution is 5.02. The zero-order chi connectivity index (χ0) is 16.8. The molecule has 2 aromatic rings. The summed E-state index contributed by atoms with van der Waals surface area (Å²) in [5, 5.41) is 10.5. The van der Waals surface area contributed by atoms with Crippen molar-refractivity contribution in [3.8, 4) is 0 Å². The number of hydrogen-bond acceptors (Lipinski definition) is 4. The molecule has 3 rings (SSSR count). The number of likely N-dealkylation sites (tertiary alicyclic amines) is 1. The van der Waals surface area contributed by atoms with E-state index >= 15 is 0 Å². The van der Waals surface area contributed by atoms with Crippen molar-refractivity contribution in [1.29, 1.82) is 0 Å². The largest absolute Gasteiger partial charge is 0.467 e. The van der Waals surface area contributed by atoms with Gasteiger partial charge in [-0.3, -0.25) is 0 Å². The molecule has 0 radical (unpaired) electrons.